The summed E-state index contributed by atoms with van der Waals surface area (Å²) in [4.78, 5) is 18.6. The summed E-state index contributed by atoms with van der Waals surface area (Å²) in [6.07, 6.45) is 3.84. The maximum atomic E-state index is 14.0. The number of ether oxygens (including phenoxy) is 1. The van der Waals surface area contributed by atoms with E-state index in [9.17, 15) is 9.90 Å². The molecule has 4 aromatic rings. The monoisotopic (exact) mass is 530 g/mol. The maximum absolute atomic E-state index is 14.0. The Morgan fingerprint density at radius 2 is 1.62 bits per heavy atom. The summed E-state index contributed by atoms with van der Waals surface area (Å²) in [5.74, 6) is 1.68. The number of anilines is 1. The number of benzene rings is 4. The number of hydrogen-bond donors (Lipinski definition) is 1. The van der Waals surface area contributed by atoms with Crippen molar-refractivity contribution in [2.45, 2.75) is 37.3 Å². The summed E-state index contributed by atoms with van der Waals surface area (Å²) in [6.45, 7) is 2.75. The van der Waals surface area contributed by atoms with Crippen LogP contribution in [0.25, 0.3) is 0 Å². The van der Waals surface area contributed by atoms with Crippen LogP contribution in [0.1, 0.15) is 52.4 Å². The van der Waals surface area contributed by atoms with Crippen LogP contribution in [0.3, 0.4) is 0 Å². The molecule has 1 N–H and O–H groups in total. The molecule has 1 aliphatic carbocycles. The zero-order chi connectivity index (χ0) is 27.1. The fraction of sp³-hybridized carbons (Fsp3) is 0.286. The molecule has 0 bridgehead atoms. The van der Waals surface area contributed by atoms with Gasteiger partial charge in [-0.3, -0.25) is 4.79 Å². The predicted octanol–water partition coefficient (Wildman–Crippen LogP) is 6.62. The molecule has 5 nitrogen and oxygen atoms in total. The summed E-state index contributed by atoms with van der Waals surface area (Å²) in [6, 6.07) is 33.9. The molecule has 0 radical (unpaired) electrons. The van der Waals surface area contributed by atoms with Crippen molar-refractivity contribution in [3.05, 3.63) is 125 Å². The third-order valence-corrected chi connectivity index (χ3v) is 8.87. The minimum Gasteiger partial charge on any atom is -0.508 e. The van der Waals surface area contributed by atoms with Gasteiger partial charge in [-0.15, -0.1) is 0 Å². The molecule has 5 heteroatoms. The molecule has 4 aromatic carbocycles. The third kappa shape index (κ3) is 4.60. The first kappa shape index (κ1) is 24.8. The zero-order valence-corrected chi connectivity index (χ0v) is 22.6. The molecule has 2 heterocycles. The summed E-state index contributed by atoms with van der Waals surface area (Å²) >= 11 is 0. The lowest BCUT2D eigenvalue weighted by atomic mass is 9.82. The van der Waals surface area contributed by atoms with Crippen LogP contribution in [0.2, 0.25) is 0 Å². The number of phenols is 1. The van der Waals surface area contributed by atoms with Crippen LogP contribution in [0.5, 0.6) is 11.5 Å². The zero-order valence-electron chi connectivity index (χ0n) is 22.6. The molecule has 40 heavy (non-hydrogen) atoms. The summed E-state index contributed by atoms with van der Waals surface area (Å²) in [5.41, 5.74) is 5.05. The van der Waals surface area contributed by atoms with Crippen LogP contribution < -0.4 is 9.64 Å². The number of hydrogen-bond acceptors (Lipinski definition) is 4. The van der Waals surface area contributed by atoms with Crippen LogP contribution in [0, 0.1) is 5.92 Å². The van der Waals surface area contributed by atoms with Crippen molar-refractivity contribution in [2.24, 2.45) is 5.92 Å². The Kier molecular flexibility index (Phi) is 6.22. The highest BCUT2D eigenvalue weighted by Gasteiger charge is 2.56. The minimum atomic E-state index is -0.220. The molecule has 1 amide bonds. The first-order valence-electron chi connectivity index (χ1n) is 14.3. The van der Waals surface area contributed by atoms with Crippen LogP contribution in [0.15, 0.2) is 103 Å². The van der Waals surface area contributed by atoms with E-state index in [-0.39, 0.29) is 23.2 Å². The summed E-state index contributed by atoms with van der Waals surface area (Å²) in [7, 11) is 0. The number of carbonyl (C=O) groups excluding carboxylic acids is 1. The number of fused-ring (bicyclic) bond motifs is 1. The van der Waals surface area contributed by atoms with Gasteiger partial charge in [0.05, 0.1) is 12.6 Å². The van der Waals surface area contributed by atoms with Crippen LogP contribution in [-0.2, 0) is 6.42 Å². The largest absolute Gasteiger partial charge is 0.508 e. The number of phenolic OH excluding ortho intramolecular Hbond substituents is 1. The van der Waals surface area contributed by atoms with E-state index < -0.39 is 0 Å². The molecule has 2 fully saturated rings. The molecule has 2 unspecified atom stereocenters. The molecule has 1 saturated carbocycles. The average molecular weight is 531 g/mol. The Balaban J connectivity index is 1.13. The van der Waals surface area contributed by atoms with E-state index in [2.05, 4.69) is 52.3 Å². The highest BCUT2D eigenvalue weighted by Crippen LogP contribution is 2.55. The predicted molar refractivity (Wildman–Crippen MR) is 157 cm³/mol. The van der Waals surface area contributed by atoms with Gasteiger partial charge in [-0.05, 0) is 90.9 Å². The summed E-state index contributed by atoms with van der Waals surface area (Å²) < 4.78 is 6.26. The van der Waals surface area contributed by atoms with Crippen molar-refractivity contribution in [1.82, 2.24) is 4.90 Å². The SMILES string of the molecule is O=C(c1ccccc1)N1C(c2ccc(OCC3CCN(c4ccccc4)C3)cc2)c2ccc(O)cc2CC12CC2. The Morgan fingerprint density at radius 1 is 0.900 bits per heavy atom. The van der Waals surface area contributed by atoms with E-state index in [1.165, 1.54) is 5.69 Å². The van der Waals surface area contributed by atoms with Gasteiger partial charge in [0.25, 0.3) is 5.91 Å². The fourth-order valence-corrected chi connectivity index (χ4v) is 6.61. The van der Waals surface area contributed by atoms with Gasteiger partial charge in [0.2, 0.25) is 0 Å². The second kappa shape index (κ2) is 10.1. The van der Waals surface area contributed by atoms with Gasteiger partial charge in [-0.2, -0.15) is 0 Å². The van der Waals surface area contributed by atoms with Gasteiger partial charge < -0.3 is 19.6 Å². The molecular formula is C35H34N2O3. The first-order chi connectivity index (χ1) is 19.6. The number of carbonyl (C=O) groups is 1. The van der Waals surface area contributed by atoms with Crippen molar-refractivity contribution in [1.29, 1.82) is 0 Å². The van der Waals surface area contributed by atoms with E-state index >= 15 is 0 Å². The lowest BCUT2D eigenvalue weighted by Gasteiger charge is -2.44. The van der Waals surface area contributed by atoms with Crippen LogP contribution in [0.4, 0.5) is 5.69 Å². The maximum Gasteiger partial charge on any atom is 0.255 e. The molecule has 202 valence electrons. The molecule has 2 aliphatic heterocycles. The third-order valence-electron chi connectivity index (χ3n) is 8.87. The van der Waals surface area contributed by atoms with E-state index in [0.29, 0.717) is 18.1 Å². The molecule has 2 atom stereocenters. The molecule has 1 saturated heterocycles. The quantitative estimate of drug-likeness (QED) is 0.305. The Morgan fingerprint density at radius 3 is 2.35 bits per heavy atom. The lowest BCUT2D eigenvalue weighted by Crippen LogP contribution is -2.49. The van der Waals surface area contributed by atoms with E-state index in [4.69, 9.17) is 4.74 Å². The number of nitrogens with zero attached hydrogens (tertiary/aromatic N) is 2. The van der Waals surface area contributed by atoms with Crippen molar-refractivity contribution >= 4 is 11.6 Å². The average Bonchev–Trinajstić information content (AvgIpc) is 3.58. The standard InChI is InChI=1S/C35H34N2O3/c38-30-13-16-32-28(21-30)22-35(18-19-35)37(34(39)27-7-3-1-4-8-27)33(32)26-11-14-31(15-12-26)40-24-25-17-20-36(23-25)29-9-5-2-6-10-29/h1-16,21,25,33,38H,17-20,22-24H2. The van der Waals surface area contributed by atoms with Crippen molar-refractivity contribution in [2.75, 3.05) is 24.6 Å². The second-order valence-corrected chi connectivity index (χ2v) is 11.5. The highest BCUT2D eigenvalue weighted by molar-refractivity contribution is 5.96. The van der Waals surface area contributed by atoms with Crippen LogP contribution >= 0.6 is 0 Å². The van der Waals surface area contributed by atoms with Gasteiger partial charge in [-0.25, -0.2) is 0 Å². The molecule has 1 spiro atoms. The van der Waals surface area contributed by atoms with Gasteiger partial charge in [0.15, 0.2) is 0 Å². The summed E-state index contributed by atoms with van der Waals surface area (Å²) in [5, 5.41) is 10.3. The molecule has 3 aliphatic rings. The Labute approximate surface area is 235 Å². The molecule has 7 rings (SSSR count). The smallest absolute Gasteiger partial charge is 0.255 e. The van der Waals surface area contributed by atoms with Gasteiger partial charge >= 0.3 is 0 Å². The van der Waals surface area contributed by atoms with E-state index in [0.717, 1.165) is 61.2 Å². The number of amides is 1. The number of aromatic hydroxyl groups is 1. The van der Waals surface area contributed by atoms with Gasteiger partial charge in [0.1, 0.15) is 11.5 Å². The van der Waals surface area contributed by atoms with Crippen molar-refractivity contribution < 1.29 is 14.6 Å². The molecule has 0 aromatic heterocycles. The number of rotatable bonds is 6. The lowest BCUT2D eigenvalue weighted by molar-refractivity contribution is 0.0541. The fourth-order valence-electron chi connectivity index (χ4n) is 6.61. The minimum absolute atomic E-state index is 0.0614. The van der Waals surface area contributed by atoms with Gasteiger partial charge in [-0.1, -0.05) is 54.6 Å². The van der Waals surface area contributed by atoms with E-state index in [1.54, 1.807) is 6.07 Å². The topological polar surface area (TPSA) is 53.0 Å². The molecular weight excluding hydrogens is 496 g/mol. The first-order valence-corrected chi connectivity index (χ1v) is 14.3. The normalized spacial score (nSPS) is 20.8. The number of para-hydroxylation sites is 1. The van der Waals surface area contributed by atoms with Crippen LogP contribution in [-0.4, -0.2) is 41.1 Å². The highest BCUT2D eigenvalue weighted by atomic mass is 16.5. The van der Waals surface area contributed by atoms with Gasteiger partial charge in [0, 0.05) is 35.8 Å². The van der Waals surface area contributed by atoms with E-state index in [1.807, 2.05) is 54.6 Å². The second-order valence-electron chi connectivity index (χ2n) is 11.5. The Hall–Kier alpha value is -4.25. The van der Waals surface area contributed by atoms with Crippen molar-refractivity contribution in [3.8, 4) is 11.5 Å². The van der Waals surface area contributed by atoms with Crippen molar-refractivity contribution in [3.63, 3.8) is 0 Å². The Bertz CT molecular complexity index is 1500.